The fourth-order valence-electron chi connectivity index (χ4n) is 2.13. The summed E-state index contributed by atoms with van der Waals surface area (Å²) in [6.07, 6.45) is 6.34. The van der Waals surface area contributed by atoms with Gasteiger partial charge in [-0.15, -0.1) is 0 Å². The van der Waals surface area contributed by atoms with Crippen LogP contribution in [-0.4, -0.2) is 31.3 Å². The number of nitriles is 1. The first kappa shape index (κ1) is 17.1. The molecule has 8 nitrogen and oxygen atoms in total. The van der Waals surface area contributed by atoms with Crippen molar-refractivity contribution in [3.8, 4) is 17.8 Å². The lowest BCUT2D eigenvalue weighted by Gasteiger charge is -2.25. The molecule has 0 aliphatic heterocycles. The van der Waals surface area contributed by atoms with E-state index in [-0.39, 0.29) is 5.91 Å². The lowest BCUT2D eigenvalue weighted by atomic mass is 10.1. The summed E-state index contributed by atoms with van der Waals surface area (Å²) >= 11 is 0. The van der Waals surface area contributed by atoms with Gasteiger partial charge in [-0.25, -0.2) is 14.6 Å². The summed E-state index contributed by atoms with van der Waals surface area (Å²) in [4.78, 5) is 20.7. The first-order valence-electron chi connectivity index (χ1n) is 7.80. The molecule has 2 heterocycles. The van der Waals surface area contributed by atoms with Gasteiger partial charge in [0.25, 0.3) is 5.91 Å². The number of aromatic nitrogens is 4. The van der Waals surface area contributed by atoms with Crippen LogP contribution in [0.3, 0.4) is 0 Å². The third-order valence-electron chi connectivity index (χ3n) is 3.50. The second kappa shape index (κ2) is 7.03. The highest BCUT2D eigenvalue weighted by molar-refractivity contribution is 5.96. The van der Waals surface area contributed by atoms with Crippen LogP contribution in [0, 0.1) is 11.3 Å². The number of anilines is 1. The van der Waals surface area contributed by atoms with Crippen LogP contribution >= 0.6 is 0 Å². The second-order valence-electron chi connectivity index (χ2n) is 5.93. The summed E-state index contributed by atoms with van der Waals surface area (Å²) in [6.45, 7) is 3.32. The summed E-state index contributed by atoms with van der Waals surface area (Å²) < 4.78 is 7.22. The molecule has 0 saturated carbocycles. The number of carbonyl (C=O) groups excluding carboxylic acids is 1. The predicted octanol–water partition coefficient (Wildman–Crippen LogP) is 2.33. The lowest BCUT2D eigenvalue weighted by Crippen LogP contribution is -2.42. The molecule has 1 aromatic carbocycles. The molecule has 130 valence electrons. The Morgan fingerprint density at radius 3 is 2.58 bits per heavy atom. The highest BCUT2D eigenvalue weighted by Gasteiger charge is 2.30. The van der Waals surface area contributed by atoms with Crippen LogP contribution in [0.4, 0.5) is 5.69 Å². The van der Waals surface area contributed by atoms with Crippen molar-refractivity contribution in [3.63, 3.8) is 0 Å². The standard InChI is InChI=1S/C18H16N6O2/c1-18(2,26-15-6-4-13(10-19)5-7-15)16(25)23-14-11-22-24(12-14)17-20-8-3-9-21-17/h3-9,11-12H,1-2H3,(H,23,25). The Kier molecular flexibility index (Phi) is 4.62. The van der Waals surface area contributed by atoms with Crippen LogP contribution in [0.15, 0.2) is 55.1 Å². The molecule has 2 aromatic heterocycles. The van der Waals surface area contributed by atoms with Crippen molar-refractivity contribution in [1.29, 1.82) is 5.26 Å². The van der Waals surface area contributed by atoms with Crippen LogP contribution in [0.25, 0.3) is 5.95 Å². The molecule has 8 heteroatoms. The molecular weight excluding hydrogens is 332 g/mol. The van der Waals surface area contributed by atoms with Crippen LogP contribution in [0.1, 0.15) is 19.4 Å². The fraction of sp³-hybridized carbons (Fsp3) is 0.167. The number of carbonyl (C=O) groups is 1. The maximum Gasteiger partial charge on any atom is 0.268 e. The Balaban J connectivity index is 1.68. The van der Waals surface area contributed by atoms with Gasteiger partial charge in [0.1, 0.15) is 5.75 Å². The predicted molar refractivity (Wildman–Crippen MR) is 93.6 cm³/mol. The van der Waals surface area contributed by atoms with Crippen molar-refractivity contribution in [2.45, 2.75) is 19.4 Å². The Labute approximate surface area is 150 Å². The number of nitrogens with one attached hydrogen (secondary N) is 1. The number of benzene rings is 1. The first-order valence-corrected chi connectivity index (χ1v) is 7.80. The van der Waals surface area contributed by atoms with Crippen LogP contribution in [0.2, 0.25) is 0 Å². The average molecular weight is 348 g/mol. The molecule has 0 saturated heterocycles. The topological polar surface area (TPSA) is 106 Å². The molecule has 0 bridgehead atoms. The van der Waals surface area contributed by atoms with Gasteiger partial charge < -0.3 is 10.1 Å². The van der Waals surface area contributed by atoms with Gasteiger partial charge in [-0.05, 0) is 44.2 Å². The normalized spacial score (nSPS) is 10.8. The van der Waals surface area contributed by atoms with E-state index >= 15 is 0 Å². The summed E-state index contributed by atoms with van der Waals surface area (Å²) in [5.41, 5.74) is -0.103. The average Bonchev–Trinajstić information content (AvgIpc) is 3.11. The van der Waals surface area contributed by atoms with Crippen molar-refractivity contribution in [2.75, 3.05) is 5.32 Å². The monoisotopic (exact) mass is 348 g/mol. The molecule has 1 amide bonds. The minimum absolute atomic E-state index is 0.338. The molecular formula is C18H16N6O2. The number of hydrogen-bond acceptors (Lipinski definition) is 6. The zero-order valence-corrected chi connectivity index (χ0v) is 14.2. The third kappa shape index (κ3) is 3.84. The Hall–Kier alpha value is -3.73. The Bertz CT molecular complexity index is 942. The summed E-state index contributed by atoms with van der Waals surface area (Å²) in [5, 5.41) is 15.7. The Morgan fingerprint density at radius 2 is 1.92 bits per heavy atom. The number of ether oxygens (including phenoxy) is 1. The van der Waals surface area contributed by atoms with Gasteiger partial charge in [0.05, 0.1) is 29.7 Å². The van der Waals surface area contributed by atoms with E-state index in [2.05, 4.69) is 20.4 Å². The van der Waals surface area contributed by atoms with Gasteiger partial charge in [-0.1, -0.05) is 0 Å². The highest BCUT2D eigenvalue weighted by atomic mass is 16.5. The molecule has 0 aliphatic carbocycles. The molecule has 0 fully saturated rings. The van der Waals surface area contributed by atoms with Gasteiger partial charge in [-0.2, -0.15) is 10.4 Å². The van der Waals surface area contributed by atoms with Crippen molar-refractivity contribution in [1.82, 2.24) is 19.7 Å². The molecule has 0 aliphatic rings. The first-order chi connectivity index (χ1) is 12.5. The van der Waals surface area contributed by atoms with E-state index in [1.54, 1.807) is 62.8 Å². The van der Waals surface area contributed by atoms with E-state index in [9.17, 15) is 4.79 Å². The number of hydrogen-bond donors (Lipinski definition) is 1. The summed E-state index contributed by atoms with van der Waals surface area (Å²) in [7, 11) is 0. The van der Waals surface area contributed by atoms with Crippen LogP contribution < -0.4 is 10.1 Å². The Morgan fingerprint density at radius 1 is 1.23 bits per heavy atom. The molecule has 0 radical (unpaired) electrons. The minimum Gasteiger partial charge on any atom is -0.478 e. The van der Waals surface area contributed by atoms with E-state index in [1.165, 1.54) is 10.9 Å². The minimum atomic E-state index is -1.13. The van der Waals surface area contributed by atoms with E-state index < -0.39 is 5.60 Å². The van der Waals surface area contributed by atoms with Gasteiger partial charge in [0.15, 0.2) is 5.60 Å². The quantitative estimate of drug-likeness (QED) is 0.758. The molecule has 26 heavy (non-hydrogen) atoms. The molecule has 0 spiro atoms. The van der Waals surface area contributed by atoms with E-state index in [0.717, 1.165) is 0 Å². The SMILES string of the molecule is CC(C)(Oc1ccc(C#N)cc1)C(=O)Nc1cnn(-c2ncccn2)c1. The number of amides is 1. The molecule has 0 atom stereocenters. The van der Waals surface area contributed by atoms with Crippen molar-refractivity contribution < 1.29 is 9.53 Å². The van der Waals surface area contributed by atoms with Crippen molar-refractivity contribution >= 4 is 11.6 Å². The zero-order chi connectivity index (χ0) is 18.6. The smallest absolute Gasteiger partial charge is 0.268 e. The summed E-state index contributed by atoms with van der Waals surface area (Å²) in [5.74, 6) is 0.564. The molecule has 3 rings (SSSR count). The van der Waals surface area contributed by atoms with Crippen LogP contribution in [-0.2, 0) is 4.79 Å². The second-order valence-corrected chi connectivity index (χ2v) is 5.93. The van der Waals surface area contributed by atoms with Gasteiger partial charge >= 0.3 is 0 Å². The van der Waals surface area contributed by atoms with Gasteiger partial charge in [-0.3, -0.25) is 4.79 Å². The van der Waals surface area contributed by atoms with Gasteiger partial charge in [0.2, 0.25) is 5.95 Å². The molecule has 1 N–H and O–H groups in total. The largest absolute Gasteiger partial charge is 0.478 e. The van der Waals surface area contributed by atoms with E-state index in [4.69, 9.17) is 10.00 Å². The highest BCUT2D eigenvalue weighted by Crippen LogP contribution is 2.20. The van der Waals surface area contributed by atoms with Crippen molar-refractivity contribution in [2.24, 2.45) is 0 Å². The zero-order valence-electron chi connectivity index (χ0n) is 14.2. The van der Waals surface area contributed by atoms with Gasteiger partial charge in [0, 0.05) is 12.4 Å². The lowest BCUT2D eigenvalue weighted by molar-refractivity contribution is -0.128. The fourth-order valence-corrected chi connectivity index (χ4v) is 2.13. The van der Waals surface area contributed by atoms with E-state index in [0.29, 0.717) is 22.9 Å². The maximum absolute atomic E-state index is 12.6. The van der Waals surface area contributed by atoms with E-state index in [1.807, 2.05) is 6.07 Å². The molecule has 0 unspecified atom stereocenters. The number of rotatable bonds is 5. The van der Waals surface area contributed by atoms with Crippen molar-refractivity contribution in [3.05, 3.63) is 60.7 Å². The van der Waals surface area contributed by atoms with Crippen LogP contribution in [0.5, 0.6) is 5.75 Å². The summed E-state index contributed by atoms with van der Waals surface area (Å²) in [6, 6.07) is 10.3. The number of nitrogens with zero attached hydrogens (tertiary/aromatic N) is 5. The molecule has 3 aromatic rings. The third-order valence-corrected chi connectivity index (χ3v) is 3.50. The maximum atomic E-state index is 12.6.